The number of nitrogens with one attached hydrogen (secondary N) is 1. The summed E-state index contributed by atoms with van der Waals surface area (Å²) in [6, 6.07) is 6.30. The molecule has 0 saturated carbocycles. The average Bonchev–Trinajstić information content (AvgIpc) is 3.31. The molecular weight excluding hydrogens is 446 g/mol. The highest BCUT2D eigenvalue weighted by molar-refractivity contribution is 7.89. The van der Waals surface area contributed by atoms with Gasteiger partial charge in [0.05, 0.1) is 18.4 Å². The van der Waals surface area contributed by atoms with E-state index in [0.717, 1.165) is 37.1 Å². The van der Waals surface area contributed by atoms with Gasteiger partial charge >= 0.3 is 5.97 Å². The number of anilines is 1. The van der Waals surface area contributed by atoms with Crippen LogP contribution < -0.4 is 10.1 Å². The number of esters is 1. The quantitative estimate of drug-likeness (QED) is 0.627. The van der Waals surface area contributed by atoms with Crippen LogP contribution in [0, 0.1) is 11.6 Å². The number of rotatable bonds is 7. The number of ether oxygens (including phenoxy) is 2. The molecule has 1 fully saturated rings. The fourth-order valence-corrected chi connectivity index (χ4v) is 4.88. The lowest BCUT2D eigenvalue weighted by Gasteiger charge is -2.18. The summed E-state index contributed by atoms with van der Waals surface area (Å²) >= 11 is 0. The number of halogens is 2. The Morgan fingerprint density at radius 3 is 2.44 bits per heavy atom. The third-order valence-electron chi connectivity index (χ3n) is 4.92. The Hall–Kier alpha value is -3.05. The molecule has 0 spiro atoms. The van der Waals surface area contributed by atoms with Gasteiger partial charge in [-0.3, -0.25) is 4.79 Å². The molecular formula is C21H22F2N2O6S. The molecule has 1 aliphatic heterocycles. The number of amides is 1. The van der Waals surface area contributed by atoms with Crippen LogP contribution in [0.15, 0.2) is 41.3 Å². The number of sulfonamides is 1. The van der Waals surface area contributed by atoms with Gasteiger partial charge < -0.3 is 14.8 Å². The average molecular weight is 468 g/mol. The van der Waals surface area contributed by atoms with Gasteiger partial charge in [0.15, 0.2) is 6.10 Å². The minimum absolute atomic E-state index is 0.0702. The van der Waals surface area contributed by atoms with Crippen LogP contribution in [-0.2, 0) is 19.6 Å². The monoisotopic (exact) mass is 468 g/mol. The van der Waals surface area contributed by atoms with Gasteiger partial charge in [0.1, 0.15) is 22.3 Å². The Labute approximate surface area is 184 Å². The Bertz CT molecular complexity index is 1130. The fraction of sp³-hybridized carbons (Fsp3) is 0.333. The molecule has 1 aliphatic rings. The molecule has 2 aromatic rings. The lowest BCUT2D eigenvalue weighted by atomic mass is 10.2. The maximum Gasteiger partial charge on any atom is 0.338 e. The fourth-order valence-electron chi connectivity index (χ4n) is 3.18. The summed E-state index contributed by atoms with van der Waals surface area (Å²) in [6.07, 6.45) is 0.106. The van der Waals surface area contributed by atoms with Gasteiger partial charge in [0, 0.05) is 19.2 Å². The van der Waals surface area contributed by atoms with E-state index in [1.807, 2.05) is 0 Å². The summed E-state index contributed by atoms with van der Waals surface area (Å²) in [5.41, 5.74) is -0.513. The normalized spacial score (nSPS) is 15.2. The highest BCUT2D eigenvalue weighted by Gasteiger charge is 2.31. The lowest BCUT2D eigenvalue weighted by molar-refractivity contribution is -0.123. The number of carbonyl (C=O) groups is 2. The maximum atomic E-state index is 13.7. The van der Waals surface area contributed by atoms with E-state index in [-0.39, 0.29) is 16.2 Å². The molecule has 2 aromatic carbocycles. The maximum absolute atomic E-state index is 13.7. The van der Waals surface area contributed by atoms with E-state index in [1.165, 1.54) is 30.5 Å². The van der Waals surface area contributed by atoms with Crippen LogP contribution in [0.2, 0.25) is 0 Å². The second-order valence-electron chi connectivity index (χ2n) is 7.14. The van der Waals surface area contributed by atoms with Crippen molar-refractivity contribution in [3.8, 4) is 5.75 Å². The van der Waals surface area contributed by atoms with Gasteiger partial charge in [-0.2, -0.15) is 4.31 Å². The van der Waals surface area contributed by atoms with Crippen molar-refractivity contribution in [1.82, 2.24) is 4.31 Å². The molecule has 3 rings (SSSR count). The summed E-state index contributed by atoms with van der Waals surface area (Å²) < 4.78 is 64.4. The largest absolute Gasteiger partial charge is 0.495 e. The van der Waals surface area contributed by atoms with Gasteiger partial charge in [0.25, 0.3) is 5.91 Å². The molecule has 172 valence electrons. The first-order valence-corrected chi connectivity index (χ1v) is 11.2. The van der Waals surface area contributed by atoms with Gasteiger partial charge in [-0.05, 0) is 50.1 Å². The molecule has 8 nitrogen and oxygen atoms in total. The van der Waals surface area contributed by atoms with Crippen molar-refractivity contribution in [3.05, 3.63) is 53.6 Å². The van der Waals surface area contributed by atoms with Crippen molar-refractivity contribution < 1.29 is 36.3 Å². The first-order chi connectivity index (χ1) is 15.1. The second kappa shape index (κ2) is 9.61. The molecule has 0 radical (unpaired) electrons. The highest BCUT2D eigenvalue weighted by atomic mass is 32.2. The standard InChI is InChI=1S/C21H22F2N2O6S/c1-13(20(26)24-17-12-15(22)6-7-16(17)23)31-21(27)14-5-8-18(30-2)19(11-14)32(28,29)25-9-3-4-10-25/h5-8,11-13H,3-4,9-10H2,1-2H3,(H,24,26). The summed E-state index contributed by atoms with van der Waals surface area (Å²) in [5, 5.41) is 2.14. The second-order valence-corrected chi connectivity index (χ2v) is 9.04. The Morgan fingerprint density at radius 2 is 1.78 bits per heavy atom. The molecule has 1 amide bonds. The first kappa shape index (κ1) is 23.6. The summed E-state index contributed by atoms with van der Waals surface area (Å²) in [7, 11) is -2.57. The minimum atomic E-state index is -3.89. The zero-order chi connectivity index (χ0) is 23.5. The molecule has 0 aliphatic carbocycles. The number of methoxy groups -OCH3 is 1. The molecule has 1 atom stereocenters. The lowest BCUT2D eigenvalue weighted by Crippen LogP contribution is -2.31. The van der Waals surface area contributed by atoms with Gasteiger partial charge in [-0.1, -0.05) is 0 Å². The van der Waals surface area contributed by atoms with E-state index in [0.29, 0.717) is 13.1 Å². The van der Waals surface area contributed by atoms with Crippen LogP contribution in [-0.4, -0.2) is 50.9 Å². The number of benzene rings is 2. The predicted molar refractivity (Wildman–Crippen MR) is 111 cm³/mol. The number of hydrogen-bond acceptors (Lipinski definition) is 6. The van der Waals surface area contributed by atoms with Crippen LogP contribution in [0.4, 0.5) is 14.5 Å². The van der Waals surface area contributed by atoms with Crippen LogP contribution in [0.3, 0.4) is 0 Å². The topological polar surface area (TPSA) is 102 Å². The van der Waals surface area contributed by atoms with E-state index >= 15 is 0 Å². The Morgan fingerprint density at radius 1 is 1.09 bits per heavy atom. The van der Waals surface area contributed by atoms with Gasteiger partial charge in [-0.25, -0.2) is 22.0 Å². The number of hydrogen-bond donors (Lipinski definition) is 1. The van der Waals surface area contributed by atoms with Crippen LogP contribution in [0.1, 0.15) is 30.1 Å². The van der Waals surface area contributed by atoms with E-state index in [4.69, 9.17) is 9.47 Å². The van der Waals surface area contributed by atoms with Crippen LogP contribution in [0.25, 0.3) is 0 Å². The Balaban J connectivity index is 1.77. The third-order valence-corrected chi connectivity index (χ3v) is 6.84. The summed E-state index contributed by atoms with van der Waals surface area (Å²) in [5.74, 6) is -3.39. The molecule has 32 heavy (non-hydrogen) atoms. The Kier molecular flexibility index (Phi) is 7.09. The van der Waals surface area contributed by atoms with E-state index in [1.54, 1.807) is 0 Å². The smallest absolute Gasteiger partial charge is 0.338 e. The number of carbonyl (C=O) groups excluding carboxylic acids is 2. The SMILES string of the molecule is COc1ccc(C(=O)OC(C)C(=O)Nc2cc(F)ccc2F)cc1S(=O)(=O)N1CCCC1. The van der Waals surface area contributed by atoms with Crippen molar-refractivity contribution >= 4 is 27.6 Å². The summed E-state index contributed by atoms with van der Waals surface area (Å²) in [4.78, 5) is 24.6. The van der Waals surface area contributed by atoms with E-state index < -0.39 is 45.3 Å². The van der Waals surface area contributed by atoms with Crippen molar-refractivity contribution in [1.29, 1.82) is 0 Å². The van der Waals surface area contributed by atoms with Crippen molar-refractivity contribution in [2.45, 2.75) is 30.8 Å². The van der Waals surface area contributed by atoms with Crippen molar-refractivity contribution in [2.75, 3.05) is 25.5 Å². The first-order valence-electron chi connectivity index (χ1n) is 9.78. The van der Waals surface area contributed by atoms with Crippen LogP contribution >= 0.6 is 0 Å². The predicted octanol–water partition coefficient (Wildman–Crippen LogP) is 2.94. The summed E-state index contributed by atoms with van der Waals surface area (Å²) in [6.45, 7) is 1.98. The number of nitrogens with zero attached hydrogens (tertiary/aromatic N) is 1. The highest BCUT2D eigenvalue weighted by Crippen LogP contribution is 2.30. The van der Waals surface area contributed by atoms with Gasteiger partial charge in [0.2, 0.25) is 10.0 Å². The van der Waals surface area contributed by atoms with Crippen LogP contribution in [0.5, 0.6) is 5.75 Å². The van der Waals surface area contributed by atoms with Crippen molar-refractivity contribution in [2.24, 2.45) is 0 Å². The van der Waals surface area contributed by atoms with E-state index in [9.17, 15) is 26.8 Å². The molecule has 0 bridgehead atoms. The zero-order valence-corrected chi connectivity index (χ0v) is 18.2. The molecule has 11 heteroatoms. The third kappa shape index (κ3) is 5.05. The molecule has 1 saturated heterocycles. The molecule has 1 heterocycles. The van der Waals surface area contributed by atoms with E-state index in [2.05, 4.69) is 5.32 Å². The molecule has 0 aromatic heterocycles. The van der Waals surface area contributed by atoms with Gasteiger partial charge in [-0.15, -0.1) is 0 Å². The molecule has 1 N–H and O–H groups in total. The minimum Gasteiger partial charge on any atom is -0.495 e. The van der Waals surface area contributed by atoms with Crippen molar-refractivity contribution in [3.63, 3.8) is 0 Å². The molecule has 1 unspecified atom stereocenters. The zero-order valence-electron chi connectivity index (χ0n) is 17.4.